The predicted octanol–water partition coefficient (Wildman–Crippen LogP) is 2.70. The van der Waals surface area contributed by atoms with Gasteiger partial charge in [0.2, 0.25) is 10.0 Å². The summed E-state index contributed by atoms with van der Waals surface area (Å²) in [6.45, 7) is 3.30. The number of rotatable bonds is 6. The third-order valence-corrected chi connectivity index (χ3v) is 7.84. The van der Waals surface area contributed by atoms with E-state index in [9.17, 15) is 13.2 Å². The monoisotopic (exact) mass is 440 g/mol. The topological polar surface area (TPSA) is 77.2 Å². The molecule has 8 heteroatoms. The summed E-state index contributed by atoms with van der Waals surface area (Å²) < 4.78 is 30.7. The van der Waals surface area contributed by atoms with Crippen LogP contribution in [-0.4, -0.2) is 40.2 Å². The molecule has 2 aromatic carbocycles. The van der Waals surface area contributed by atoms with Crippen LogP contribution in [0.25, 0.3) is 0 Å². The average Bonchev–Trinajstić information content (AvgIpc) is 3.07. The van der Waals surface area contributed by atoms with Crippen molar-refractivity contribution in [2.75, 3.05) is 13.1 Å². The highest BCUT2D eigenvalue weighted by Crippen LogP contribution is 2.29. The number of hydrogen-bond donors (Lipinski definition) is 0. The predicted molar refractivity (Wildman–Crippen MR) is 120 cm³/mol. The Kier molecular flexibility index (Phi) is 6.11. The number of sulfonamides is 1. The number of piperidine rings is 1. The summed E-state index contributed by atoms with van der Waals surface area (Å²) in [6.07, 6.45) is 2.04. The molecule has 1 saturated heterocycles. The molecule has 1 fully saturated rings. The third kappa shape index (κ3) is 4.50. The molecule has 0 amide bonds. The van der Waals surface area contributed by atoms with Gasteiger partial charge in [0.1, 0.15) is 5.82 Å². The first-order valence-electron chi connectivity index (χ1n) is 10.6. The molecule has 0 saturated carbocycles. The first-order valence-corrected chi connectivity index (χ1v) is 12.0. The van der Waals surface area contributed by atoms with Gasteiger partial charge in [0.15, 0.2) is 0 Å². The van der Waals surface area contributed by atoms with Crippen LogP contribution in [0, 0.1) is 6.92 Å². The van der Waals surface area contributed by atoms with E-state index in [1.165, 1.54) is 10.2 Å². The second-order valence-corrected chi connectivity index (χ2v) is 10.1. The molecule has 7 nitrogen and oxygen atoms in total. The number of aryl methyl sites for hydroxylation is 3. The molecule has 0 unspecified atom stereocenters. The van der Waals surface area contributed by atoms with Crippen LogP contribution in [0.3, 0.4) is 0 Å². The van der Waals surface area contributed by atoms with Crippen molar-refractivity contribution < 1.29 is 8.42 Å². The van der Waals surface area contributed by atoms with Crippen molar-refractivity contribution in [3.8, 4) is 0 Å². The third-order valence-electron chi connectivity index (χ3n) is 5.95. The van der Waals surface area contributed by atoms with Gasteiger partial charge in [0.25, 0.3) is 0 Å². The van der Waals surface area contributed by atoms with Crippen molar-refractivity contribution in [2.45, 2.75) is 43.5 Å². The fourth-order valence-electron chi connectivity index (χ4n) is 4.20. The second kappa shape index (κ2) is 8.80. The maximum atomic E-state index is 13.0. The van der Waals surface area contributed by atoms with Gasteiger partial charge < -0.3 is 0 Å². The van der Waals surface area contributed by atoms with Crippen molar-refractivity contribution in [3.63, 3.8) is 0 Å². The van der Waals surface area contributed by atoms with Crippen LogP contribution < -0.4 is 5.69 Å². The van der Waals surface area contributed by atoms with Crippen molar-refractivity contribution in [2.24, 2.45) is 7.05 Å². The molecule has 0 aliphatic carbocycles. The molecule has 0 N–H and O–H groups in total. The summed E-state index contributed by atoms with van der Waals surface area (Å²) in [5.74, 6) is 0.824. The maximum absolute atomic E-state index is 13.0. The maximum Gasteiger partial charge on any atom is 0.345 e. The van der Waals surface area contributed by atoms with E-state index in [-0.39, 0.29) is 11.6 Å². The second-order valence-electron chi connectivity index (χ2n) is 8.15. The molecule has 3 aromatic rings. The molecule has 0 bridgehead atoms. The lowest BCUT2D eigenvalue weighted by atomic mass is 9.97. The van der Waals surface area contributed by atoms with Gasteiger partial charge in [-0.2, -0.15) is 9.40 Å². The summed E-state index contributed by atoms with van der Waals surface area (Å²) in [5.41, 5.74) is 1.97. The zero-order chi connectivity index (χ0) is 22.0. The van der Waals surface area contributed by atoms with Crippen molar-refractivity contribution >= 4 is 10.0 Å². The van der Waals surface area contributed by atoms with Crippen LogP contribution in [-0.2, 0) is 30.0 Å². The van der Waals surface area contributed by atoms with Crippen LogP contribution in [0.2, 0.25) is 0 Å². The molecule has 0 radical (unpaired) electrons. The summed E-state index contributed by atoms with van der Waals surface area (Å²) >= 11 is 0. The lowest BCUT2D eigenvalue weighted by Crippen LogP contribution is -2.38. The summed E-state index contributed by atoms with van der Waals surface area (Å²) in [6, 6.07) is 17.1. The SMILES string of the molecule is Cc1cccc(S(=O)(=O)N2CCC(c3nn(C)c(=O)n3CCc3ccccc3)CC2)c1. The van der Waals surface area contributed by atoms with Gasteiger partial charge in [-0.25, -0.2) is 17.9 Å². The normalized spacial score (nSPS) is 15.9. The molecule has 164 valence electrons. The van der Waals surface area contributed by atoms with E-state index in [1.807, 2.05) is 31.2 Å². The standard InChI is InChI=1S/C23H28N4O3S/c1-18-7-6-10-21(17-18)31(29,30)26-14-12-20(13-15-26)22-24-25(2)23(28)27(22)16-11-19-8-4-3-5-9-19/h3-10,17,20H,11-16H2,1-2H3. The Morgan fingerprint density at radius 2 is 1.74 bits per heavy atom. The first kappa shape index (κ1) is 21.5. The lowest BCUT2D eigenvalue weighted by molar-refractivity contribution is 0.308. The van der Waals surface area contributed by atoms with Gasteiger partial charge in [0, 0.05) is 32.6 Å². The Morgan fingerprint density at radius 3 is 2.42 bits per heavy atom. The van der Waals surface area contributed by atoms with Crippen LogP contribution in [0.15, 0.2) is 64.3 Å². The van der Waals surface area contributed by atoms with Gasteiger partial charge in [-0.15, -0.1) is 0 Å². The highest BCUT2D eigenvalue weighted by atomic mass is 32.2. The highest BCUT2D eigenvalue weighted by molar-refractivity contribution is 7.89. The van der Waals surface area contributed by atoms with Crippen LogP contribution in [0.4, 0.5) is 0 Å². The van der Waals surface area contributed by atoms with Gasteiger partial charge in [0.05, 0.1) is 4.90 Å². The highest BCUT2D eigenvalue weighted by Gasteiger charge is 2.32. The molecule has 0 atom stereocenters. The average molecular weight is 441 g/mol. The summed E-state index contributed by atoms with van der Waals surface area (Å²) in [7, 11) is -1.84. The van der Waals surface area contributed by atoms with Crippen LogP contribution in [0.5, 0.6) is 0 Å². The zero-order valence-electron chi connectivity index (χ0n) is 17.9. The van der Waals surface area contributed by atoms with Gasteiger partial charge >= 0.3 is 5.69 Å². The Bertz CT molecular complexity index is 1210. The molecule has 4 rings (SSSR count). The Hall–Kier alpha value is -2.71. The number of nitrogens with zero attached hydrogens (tertiary/aromatic N) is 4. The van der Waals surface area contributed by atoms with Gasteiger partial charge in [-0.05, 0) is 49.4 Å². The van der Waals surface area contributed by atoms with Gasteiger partial charge in [-0.3, -0.25) is 4.57 Å². The first-order chi connectivity index (χ1) is 14.9. The van der Waals surface area contributed by atoms with Crippen molar-refractivity contribution in [3.05, 3.63) is 82.0 Å². The van der Waals surface area contributed by atoms with E-state index in [1.54, 1.807) is 34.1 Å². The Morgan fingerprint density at radius 1 is 1.03 bits per heavy atom. The van der Waals surface area contributed by atoms with Crippen molar-refractivity contribution in [1.29, 1.82) is 0 Å². The van der Waals surface area contributed by atoms with Gasteiger partial charge in [-0.1, -0.05) is 42.5 Å². The smallest absolute Gasteiger partial charge is 0.278 e. The van der Waals surface area contributed by atoms with E-state index in [0.717, 1.165) is 17.8 Å². The molecular weight excluding hydrogens is 412 g/mol. The van der Waals surface area contributed by atoms with E-state index in [2.05, 4.69) is 17.2 Å². The van der Waals surface area contributed by atoms with E-state index >= 15 is 0 Å². The molecule has 1 aliphatic heterocycles. The Balaban J connectivity index is 1.49. The molecule has 0 spiro atoms. The zero-order valence-corrected chi connectivity index (χ0v) is 18.8. The minimum atomic E-state index is -3.51. The number of aromatic nitrogens is 3. The number of hydrogen-bond acceptors (Lipinski definition) is 4. The van der Waals surface area contributed by atoms with Crippen molar-refractivity contribution in [1.82, 2.24) is 18.7 Å². The van der Waals surface area contributed by atoms with Crippen LogP contribution in [0.1, 0.15) is 35.7 Å². The largest absolute Gasteiger partial charge is 0.345 e. The summed E-state index contributed by atoms with van der Waals surface area (Å²) in [5, 5.41) is 4.50. The molecule has 2 heterocycles. The number of benzene rings is 2. The van der Waals surface area contributed by atoms with E-state index in [0.29, 0.717) is 37.4 Å². The molecule has 31 heavy (non-hydrogen) atoms. The molecular formula is C23H28N4O3S. The fourth-order valence-corrected chi connectivity index (χ4v) is 5.78. The van der Waals surface area contributed by atoms with E-state index < -0.39 is 10.0 Å². The molecule has 1 aliphatic rings. The Labute approximate surface area is 183 Å². The quantitative estimate of drug-likeness (QED) is 0.591. The van der Waals surface area contributed by atoms with Crippen LogP contribution >= 0.6 is 0 Å². The summed E-state index contributed by atoms with van der Waals surface area (Å²) in [4.78, 5) is 13.0. The lowest BCUT2D eigenvalue weighted by Gasteiger charge is -2.30. The minimum absolute atomic E-state index is 0.0635. The molecule has 1 aromatic heterocycles. The fraction of sp³-hybridized carbons (Fsp3) is 0.391. The van der Waals surface area contributed by atoms with E-state index in [4.69, 9.17) is 0 Å². The minimum Gasteiger partial charge on any atom is -0.278 e.